The maximum absolute atomic E-state index is 12.3. The van der Waals surface area contributed by atoms with Crippen molar-refractivity contribution in [3.8, 4) is 0 Å². The van der Waals surface area contributed by atoms with Crippen molar-refractivity contribution in [1.82, 2.24) is 4.90 Å². The smallest absolute Gasteiger partial charge is 0.410 e. The number of piperidine rings is 1. The Labute approximate surface area is 150 Å². The molecule has 1 amide bonds. The van der Waals surface area contributed by atoms with E-state index in [0.29, 0.717) is 6.54 Å². The van der Waals surface area contributed by atoms with Gasteiger partial charge in [-0.3, -0.25) is 0 Å². The number of carbonyl (C=O) groups excluding carboxylic acids is 1. The fraction of sp³-hybridized carbons (Fsp3) is 0.944. The Morgan fingerprint density at radius 3 is 2.52 bits per heavy atom. The molecule has 0 N–H and O–H groups in total. The molecule has 0 aliphatic carbocycles. The Morgan fingerprint density at radius 2 is 1.91 bits per heavy atom. The van der Waals surface area contributed by atoms with Crippen LogP contribution in [0.15, 0.2) is 0 Å². The van der Waals surface area contributed by atoms with Crippen LogP contribution < -0.4 is 0 Å². The number of hydrogen-bond acceptors (Lipinski definition) is 3. The third kappa shape index (κ3) is 7.88. The fourth-order valence-electron chi connectivity index (χ4n) is 2.84. The van der Waals surface area contributed by atoms with Crippen molar-refractivity contribution in [2.75, 3.05) is 25.0 Å². The highest BCUT2D eigenvalue weighted by Crippen LogP contribution is 2.28. The van der Waals surface area contributed by atoms with Crippen molar-refractivity contribution < 1.29 is 14.3 Å². The molecule has 0 radical (unpaired) electrons. The van der Waals surface area contributed by atoms with E-state index in [1.165, 1.54) is 25.7 Å². The average Bonchev–Trinajstić information content (AvgIpc) is 2.49. The normalized spacial score (nSPS) is 22.2. The summed E-state index contributed by atoms with van der Waals surface area (Å²) in [6, 6.07) is 0. The number of amides is 1. The van der Waals surface area contributed by atoms with Crippen LogP contribution in [0.1, 0.15) is 72.6 Å². The Balaban J connectivity index is 2.46. The molecule has 136 valence electrons. The van der Waals surface area contributed by atoms with E-state index in [-0.39, 0.29) is 11.7 Å². The van der Waals surface area contributed by atoms with E-state index < -0.39 is 5.60 Å². The number of rotatable bonds is 8. The minimum absolute atomic E-state index is 0.228. The first-order valence-electron chi connectivity index (χ1n) is 9.00. The van der Waals surface area contributed by atoms with Gasteiger partial charge in [-0.05, 0) is 40.0 Å². The second-order valence-electron chi connectivity index (χ2n) is 7.58. The Kier molecular flexibility index (Phi) is 8.91. The summed E-state index contributed by atoms with van der Waals surface area (Å²) in [6.45, 7) is 10.1. The molecule has 0 aromatic rings. The maximum Gasteiger partial charge on any atom is 0.410 e. The van der Waals surface area contributed by atoms with Gasteiger partial charge in [0.1, 0.15) is 5.60 Å². The molecule has 1 aliphatic heterocycles. The molecular formula is C18H34BrNO3. The third-order valence-electron chi connectivity index (χ3n) is 4.09. The molecule has 1 aliphatic rings. The van der Waals surface area contributed by atoms with E-state index in [0.717, 1.165) is 37.7 Å². The van der Waals surface area contributed by atoms with Crippen molar-refractivity contribution in [2.45, 2.75) is 83.8 Å². The number of nitrogens with zero attached hydrogens (tertiary/aromatic N) is 1. The summed E-state index contributed by atoms with van der Waals surface area (Å²) in [5, 5.41) is 0.758. The number of carbonyl (C=O) groups is 1. The third-order valence-corrected chi connectivity index (χ3v) is 5.11. The summed E-state index contributed by atoms with van der Waals surface area (Å²) < 4.78 is 11.7. The van der Waals surface area contributed by atoms with Gasteiger partial charge < -0.3 is 14.4 Å². The van der Waals surface area contributed by atoms with Crippen LogP contribution in [0, 0.1) is 0 Å². The molecular weight excluding hydrogens is 358 g/mol. The van der Waals surface area contributed by atoms with E-state index in [2.05, 4.69) is 22.9 Å². The highest BCUT2D eigenvalue weighted by Gasteiger charge is 2.38. The SMILES string of the molecule is CCCCCCCOC1(CBr)CCCN(C(=O)OC(C)(C)C)C1. The molecule has 1 heterocycles. The largest absolute Gasteiger partial charge is 0.444 e. The van der Waals surface area contributed by atoms with Crippen LogP contribution in [0.5, 0.6) is 0 Å². The van der Waals surface area contributed by atoms with Crippen LogP contribution in [0.25, 0.3) is 0 Å². The number of halogens is 1. The molecule has 23 heavy (non-hydrogen) atoms. The minimum Gasteiger partial charge on any atom is -0.444 e. The van der Waals surface area contributed by atoms with Crippen LogP contribution in [0.3, 0.4) is 0 Å². The van der Waals surface area contributed by atoms with E-state index in [9.17, 15) is 4.79 Å². The van der Waals surface area contributed by atoms with Gasteiger partial charge in [-0.2, -0.15) is 0 Å². The predicted octanol–water partition coefficient (Wildman–Crippen LogP) is 5.14. The fourth-order valence-corrected chi connectivity index (χ4v) is 3.46. The Bertz CT molecular complexity index is 357. The summed E-state index contributed by atoms with van der Waals surface area (Å²) in [5.41, 5.74) is -0.717. The molecule has 5 heteroatoms. The van der Waals surface area contributed by atoms with Crippen LogP contribution in [0.4, 0.5) is 4.79 Å². The van der Waals surface area contributed by atoms with Crippen molar-refractivity contribution in [1.29, 1.82) is 0 Å². The average molecular weight is 392 g/mol. The first-order valence-corrected chi connectivity index (χ1v) is 10.1. The van der Waals surface area contributed by atoms with Gasteiger partial charge in [0.2, 0.25) is 0 Å². The van der Waals surface area contributed by atoms with Gasteiger partial charge in [-0.25, -0.2) is 4.79 Å². The zero-order valence-electron chi connectivity index (χ0n) is 15.3. The van der Waals surface area contributed by atoms with Gasteiger partial charge in [0, 0.05) is 18.5 Å². The molecule has 1 saturated heterocycles. The second-order valence-corrected chi connectivity index (χ2v) is 8.15. The number of unbranched alkanes of at least 4 members (excludes halogenated alkanes) is 4. The van der Waals surface area contributed by atoms with E-state index >= 15 is 0 Å². The Hall–Kier alpha value is -0.290. The summed E-state index contributed by atoms with van der Waals surface area (Å²) >= 11 is 3.60. The van der Waals surface area contributed by atoms with Crippen molar-refractivity contribution in [2.24, 2.45) is 0 Å². The molecule has 0 bridgehead atoms. The van der Waals surface area contributed by atoms with Crippen molar-refractivity contribution in [3.05, 3.63) is 0 Å². The zero-order valence-corrected chi connectivity index (χ0v) is 16.9. The number of alkyl halides is 1. The molecule has 0 aromatic carbocycles. The first kappa shape index (κ1) is 20.8. The predicted molar refractivity (Wildman–Crippen MR) is 98.3 cm³/mol. The lowest BCUT2D eigenvalue weighted by Gasteiger charge is -2.42. The molecule has 4 nitrogen and oxygen atoms in total. The summed E-state index contributed by atoms with van der Waals surface area (Å²) in [5.74, 6) is 0. The molecule has 1 unspecified atom stereocenters. The second kappa shape index (κ2) is 9.87. The molecule has 1 rings (SSSR count). The minimum atomic E-state index is -0.453. The number of likely N-dealkylation sites (tertiary alicyclic amines) is 1. The van der Waals surface area contributed by atoms with E-state index in [4.69, 9.17) is 9.47 Å². The zero-order chi connectivity index (χ0) is 17.3. The maximum atomic E-state index is 12.3. The number of hydrogen-bond donors (Lipinski definition) is 0. The highest BCUT2D eigenvalue weighted by molar-refractivity contribution is 9.09. The molecule has 0 aromatic heterocycles. The van der Waals surface area contributed by atoms with Crippen LogP contribution in [0.2, 0.25) is 0 Å². The number of ether oxygens (including phenoxy) is 2. The van der Waals surface area contributed by atoms with Gasteiger partial charge in [0.25, 0.3) is 0 Å². The summed E-state index contributed by atoms with van der Waals surface area (Å²) in [6.07, 6.45) is 7.89. The molecule has 0 spiro atoms. The van der Waals surface area contributed by atoms with Gasteiger partial charge in [0.15, 0.2) is 0 Å². The first-order chi connectivity index (χ1) is 10.8. The Morgan fingerprint density at radius 1 is 1.22 bits per heavy atom. The topological polar surface area (TPSA) is 38.8 Å². The van der Waals surface area contributed by atoms with Crippen LogP contribution in [-0.2, 0) is 9.47 Å². The summed E-state index contributed by atoms with van der Waals surface area (Å²) in [7, 11) is 0. The van der Waals surface area contributed by atoms with E-state index in [1.54, 1.807) is 4.90 Å². The standard InChI is InChI=1S/C18H34BrNO3/c1-5-6-7-8-9-13-22-18(14-19)11-10-12-20(15-18)16(21)23-17(2,3)4/h5-15H2,1-4H3. The van der Waals surface area contributed by atoms with Gasteiger partial charge >= 0.3 is 6.09 Å². The lowest BCUT2D eigenvalue weighted by Crippen LogP contribution is -2.53. The quantitative estimate of drug-likeness (QED) is 0.424. The van der Waals surface area contributed by atoms with Gasteiger partial charge in [-0.1, -0.05) is 48.5 Å². The van der Waals surface area contributed by atoms with Gasteiger partial charge in [-0.15, -0.1) is 0 Å². The highest BCUT2D eigenvalue weighted by atomic mass is 79.9. The van der Waals surface area contributed by atoms with Gasteiger partial charge in [0.05, 0.1) is 12.1 Å². The molecule has 0 saturated carbocycles. The van der Waals surface area contributed by atoms with Crippen molar-refractivity contribution >= 4 is 22.0 Å². The van der Waals surface area contributed by atoms with Crippen LogP contribution >= 0.6 is 15.9 Å². The van der Waals surface area contributed by atoms with Crippen molar-refractivity contribution in [3.63, 3.8) is 0 Å². The lowest BCUT2D eigenvalue weighted by atomic mass is 9.95. The molecule has 1 fully saturated rings. The van der Waals surface area contributed by atoms with E-state index in [1.807, 2.05) is 20.8 Å². The monoisotopic (exact) mass is 391 g/mol. The van der Waals surface area contributed by atoms with Crippen LogP contribution in [-0.4, -0.2) is 47.2 Å². The summed E-state index contributed by atoms with van der Waals surface area (Å²) in [4.78, 5) is 14.1. The lowest BCUT2D eigenvalue weighted by molar-refractivity contribution is -0.0768. The molecule has 1 atom stereocenters.